The largest absolute Gasteiger partial charge is 0.504 e. The zero-order chi connectivity index (χ0) is 54.7. The van der Waals surface area contributed by atoms with Crippen LogP contribution in [0.5, 0.6) is 28.7 Å². The Morgan fingerprint density at radius 2 is 1.90 bits per heavy atom. The quantitative estimate of drug-likeness (QED) is 0.0220. The molecule has 11 atom stereocenters. The Bertz CT molecular complexity index is 3140. The van der Waals surface area contributed by atoms with Gasteiger partial charge < -0.3 is 70.8 Å². The van der Waals surface area contributed by atoms with E-state index in [0.717, 1.165) is 98.9 Å². The molecule has 1 spiro atoms. The highest BCUT2D eigenvalue weighted by Gasteiger charge is 2.57. The molecule has 422 valence electrons. The van der Waals surface area contributed by atoms with Gasteiger partial charge in [-0.2, -0.15) is 0 Å². The molecule has 7 heterocycles. The lowest BCUT2D eigenvalue weighted by molar-refractivity contribution is -0.196. The summed E-state index contributed by atoms with van der Waals surface area (Å²) < 4.78 is 29.2. The maximum Gasteiger partial charge on any atom is 0.302 e. The summed E-state index contributed by atoms with van der Waals surface area (Å²) in [5, 5.41) is 50.5. The Hall–Kier alpha value is -7.29. The summed E-state index contributed by atoms with van der Waals surface area (Å²) in [5.41, 5.74) is 10.3. The summed E-state index contributed by atoms with van der Waals surface area (Å²) >= 11 is 0. The second kappa shape index (κ2) is 23.4. The van der Waals surface area contributed by atoms with Crippen molar-refractivity contribution >= 4 is 22.8 Å². The predicted octanol–water partition coefficient (Wildman–Crippen LogP) is 8.45. The number of phenolic OH excluding ortho intramolecular Hbond substituents is 3. The number of dihydropyridines is 1. The van der Waals surface area contributed by atoms with Crippen LogP contribution in [-0.4, -0.2) is 97.9 Å². The number of nitrogens with zero attached hydrogens (tertiary/aromatic N) is 3. The number of phenols is 3. The first-order valence-electron chi connectivity index (χ1n) is 29.3. The maximum absolute atomic E-state index is 13.0. The van der Waals surface area contributed by atoms with Crippen molar-refractivity contribution in [3.05, 3.63) is 120 Å². The smallest absolute Gasteiger partial charge is 0.302 e. The molecule has 12 rings (SSSR count). The molecule has 17 heteroatoms. The first-order chi connectivity index (χ1) is 39.0. The third-order valence-corrected chi connectivity index (χ3v) is 18.3. The number of H-pyrrole nitrogens is 1. The molecule has 4 aliphatic heterocycles. The molecular formula is C63H77N9O8. The first-order valence-corrected chi connectivity index (χ1v) is 29.3. The van der Waals surface area contributed by atoms with Crippen LogP contribution in [0.1, 0.15) is 119 Å². The number of nitrogens with two attached hydrogens (primary N) is 1. The number of allylic oxidation sites excluding steroid dienone is 2. The normalized spacial score (nSPS) is 29.8. The van der Waals surface area contributed by atoms with Gasteiger partial charge in [0.25, 0.3) is 0 Å². The standard InChI is InChI=1S/C63H77N9O8/c1-38(73)78-55-33-54(44-31-52(75)59(76)57(32-44)77-27-21-40-9-6-23-65-34-40)80-60-46(55)16-14-42-15-17-48-53(79-56-29-41(28-47(42)60)13-18-51(56)74)12-5-22-63(48)49(35-69-45-10-3-2-4-11-45)61(72-36-43-20-26-66-50(43)37-72)70-62(71-63)68-24-7-8-39-19-25-67-58(64)30-39/h6,9,13,18-20,23,26,29-32,34,36-37,42,45-49,53-55,60-61,66-67,69,74-76H,2-5,7-8,10-12,14,16,21-22,24-25,27-28,33,35,64H2,1H3,(H2,68,70,71)/t42-,46-,47-,48-,49-,53+,54-,55-,60+,61-,63-/m0/s1. The Morgan fingerprint density at radius 3 is 2.74 bits per heavy atom. The van der Waals surface area contributed by atoms with E-state index < -0.39 is 23.9 Å². The van der Waals surface area contributed by atoms with Crippen LogP contribution >= 0.6 is 0 Å². The molecule has 3 aromatic heterocycles. The SMILES string of the molecule is CC(=O)O[C@H]1C[C@@H](c2cc(O)c(O)c(OCCc3cccnc3)c2)O[C@H]2[C@H]3Cc4ccc(O)c(c4)O[C@@H]4CCC[C@]5(NC(=NCCCC6=CCNC(N)=C6)N[C@@H](n6cc7cc[nH]c7c6)[C@@H]5CNC5CCCCC5)[C@H]4C#C[C@@H]3CC[C@H]21. The van der Waals surface area contributed by atoms with Gasteiger partial charge in [0, 0.05) is 105 Å². The van der Waals surface area contributed by atoms with Crippen molar-refractivity contribution in [1.29, 1.82) is 0 Å². The van der Waals surface area contributed by atoms with Gasteiger partial charge in [0.05, 0.1) is 41.6 Å². The van der Waals surface area contributed by atoms with E-state index in [1.165, 1.54) is 37.8 Å². The number of aromatic nitrogens is 3. The molecule has 0 radical (unpaired) electrons. The number of pyridine rings is 1. The number of guanidine groups is 1. The van der Waals surface area contributed by atoms with Gasteiger partial charge in [-0.05, 0) is 129 Å². The van der Waals surface area contributed by atoms with Crippen molar-refractivity contribution in [2.45, 2.75) is 145 Å². The summed E-state index contributed by atoms with van der Waals surface area (Å²) in [4.78, 5) is 26.0. The molecule has 2 saturated heterocycles. The Balaban J connectivity index is 0.922. The van der Waals surface area contributed by atoms with E-state index in [2.05, 4.69) is 72.2 Å². The average Bonchev–Trinajstić information content (AvgIpc) is 4.11. The fourth-order valence-corrected chi connectivity index (χ4v) is 14.3. The van der Waals surface area contributed by atoms with E-state index in [0.29, 0.717) is 49.0 Å². The minimum Gasteiger partial charge on any atom is -0.504 e. The molecule has 80 heavy (non-hydrogen) atoms. The van der Waals surface area contributed by atoms with Gasteiger partial charge >= 0.3 is 5.97 Å². The number of rotatable bonds is 14. The van der Waals surface area contributed by atoms with Crippen molar-refractivity contribution in [2.24, 2.45) is 40.3 Å². The second-order valence-corrected chi connectivity index (χ2v) is 23.4. The number of carbonyl (C=O) groups excluding carboxylic acids is 1. The second-order valence-electron chi connectivity index (χ2n) is 23.4. The van der Waals surface area contributed by atoms with Crippen molar-refractivity contribution < 1.29 is 39.1 Å². The monoisotopic (exact) mass is 1090 g/mol. The Kier molecular flexibility index (Phi) is 15.6. The molecule has 3 aliphatic carbocycles. The topological polar surface area (TPSA) is 235 Å². The van der Waals surface area contributed by atoms with Gasteiger partial charge in [-0.1, -0.05) is 49.3 Å². The van der Waals surface area contributed by atoms with E-state index in [9.17, 15) is 20.1 Å². The number of nitrogens with one attached hydrogen (secondary N) is 5. The Labute approximate surface area is 468 Å². The highest BCUT2D eigenvalue weighted by molar-refractivity contribution is 5.83. The summed E-state index contributed by atoms with van der Waals surface area (Å²) in [7, 11) is 0. The van der Waals surface area contributed by atoms with Crippen LogP contribution in [0, 0.1) is 41.4 Å². The molecular weight excluding hydrogens is 1010 g/mol. The van der Waals surface area contributed by atoms with E-state index in [4.69, 9.17) is 29.7 Å². The van der Waals surface area contributed by atoms with Gasteiger partial charge in [-0.15, -0.1) is 0 Å². The van der Waals surface area contributed by atoms with Crippen molar-refractivity contribution in [2.75, 3.05) is 26.2 Å². The van der Waals surface area contributed by atoms with Gasteiger partial charge in [0.2, 0.25) is 5.75 Å². The molecule has 7 aliphatic rings. The molecule has 17 nitrogen and oxygen atoms in total. The zero-order valence-corrected chi connectivity index (χ0v) is 45.7. The minimum absolute atomic E-state index is 0.0481. The molecule has 5 fully saturated rings. The summed E-state index contributed by atoms with van der Waals surface area (Å²) in [5.74, 6) is 8.17. The first kappa shape index (κ1) is 53.4. The molecule has 0 unspecified atom stereocenters. The number of ether oxygens (including phenoxy) is 4. The summed E-state index contributed by atoms with van der Waals surface area (Å²) in [6.45, 7) is 3.73. The Morgan fingerprint density at radius 1 is 1.00 bits per heavy atom. The van der Waals surface area contributed by atoms with E-state index in [1.807, 2.05) is 36.5 Å². The highest BCUT2D eigenvalue weighted by atomic mass is 16.6. The molecule has 10 N–H and O–H groups in total. The number of aromatic amines is 1. The van der Waals surface area contributed by atoms with Crippen LogP contribution in [0.2, 0.25) is 0 Å². The van der Waals surface area contributed by atoms with Gasteiger partial charge in [0.15, 0.2) is 29.0 Å². The summed E-state index contributed by atoms with van der Waals surface area (Å²) in [6, 6.07) is 15.3. The number of carbonyl (C=O) groups is 1. The van der Waals surface area contributed by atoms with Crippen molar-refractivity contribution in [3.63, 3.8) is 0 Å². The number of fused-ring (bicyclic) bond motifs is 8. The maximum atomic E-state index is 13.0. The number of aromatic hydroxyl groups is 3. The molecule has 3 saturated carbocycles. The van der Waals surface area contributed by atoms with Crippen LogP contribution < -0.4 is 36.5 Å². The van der Waals surface area contributed by atoms with Crippen LogP contribution in [0.25, 0.3) is 10.9 Å². The molecule has 5 aromatic rings. The predicted molar refractivity (Wildman–Crippen MR) is 305 cm³/mol. The summed E-state index contributed by atoms with van der Waals surface area (Å²) in [6.07, 6.45) is 25.0. The average molecular weight is 1090 g/mol. The van der Waals surface area contributed by atoms with Crippen LogP contribution in [0.15, 0.2) is 108 Å². The fourth-order valence-electron chi connectivity index (χ4n) is 14.3. The number of benzene rings is 2. The van der Waals surface area contributed by atoms with Crippen molar-refractivity contribution in [3.8, 4) is 40.6 Å². The number of hydrogen-bond acceptors (Lipinski definition) is 13. The van der Waals surface area contributed by atoms with Crippen LogP contribution in [0.3, 0.4) is 0 Å². The molecule has 0 amide bonds. The van der Waals surface area contributed by atoms with Gasteiger partial charge in [-0.25, -0.2) is 0 Å². The minimum atomic E-state index is -0.654. The van der Waals surface area contributed by atoms with Crippen molar-refractivity contribution in [1.82, 2.24) is 35.8 Å². The number of aliphatic imine (C=N–C) groups is 1. The van der Waals surface area contributed by atoms with E-state index in [1.54, 1.807) is 24.5 Å². The lowest BCUT2D eigenvalue weighted by atomic mass is 9.62. The third kappa shape index (κ3) is 11.4. The number of hydrogen-bond donors (Lipinski definition) is 9. The van der Waals surface area contributed by atoms with Crippen LogP contribution in [0.4, 0.5) is 0 Å². The zero-order valence-electron chi connectivity index (χ0n) is 45.7. The van der Waals surface area contributed by atoms with E-state index in [-0.39, 0.29) is 77.4 Å². The third-order valence-electron chi connectivity index (χ3n) is 18.3. The van der Waals surface area contributed by atoms with Crippen LogP contribution in [-0.2, 0) is 27.1 Å². The van der Waals surface area contributed by atoms with E-state index >= 15 is 0 Å². The number of esters is 1. The fraction of sp³-hybridized carbons (Fsp3) is 0.508. The van der Waals surface area contributed by atoms with Gasteiger partial charge in [0.1, 0.15) is 18.4 Å². The van der Waals surface area contributed by atoms with Gasteiger partial charge in [-0.3, -0.25) is 14.8 Å². The highest BCUT2D eigenvalue weighted by Crippen LogP contribution is 2.52. The molecule has 2 aromatic carbocycles. The lowest BCUT2D eigenvalue weighted by Gasteiger charge is -2.56. The lowest BCUT2D eigenvalue weighted by Crippen LogP contribution is -2.73. The molecule has 2 bridgehead atoms.